The fourth-order valence-corrected chi connectivity index (χ4v) is 2.43. The number of nitrogens with one attached hydrogen (secondary N) is 1. The van der Waals surface area contributed by atoms with Crippen LogP contribution in [-0.2, 0) is 11.3 Å². The van der Waals surface area contributed by atoms with Crippen LogP contribution in [0.25, 0.3) is 0 Å². The number of aromatic nitrogens is 1. The number of ether oxygens (including phenoxy) is 2. The largest absolute Gasteiger partial charge is 0.474 e. The van der Waals surface area contributed by atoms with Crippen molar-refractivity contribution in [2.75, 3.05) is 0 Å². The molecule has 4 nitrogen and oxygen atoms in total. The van der Waals surface area contributed by atoms with Gasteiger partial charge in [-0.15, -0.1) is 0 Å². The summed E-state index contributed by atoms with van der Waals surface area (Å²) in [5.41, 5.74) is 1.11. The van der Waals surface area contributed by atoms with Crippen molar-refractivity contribution in [3.63, 3.8) is 0 Å². The Morgan fingerprint density at radius 3 is 2.32 bits per heavy atom. The topological polar surface area (TPSA) is 43.4 Å². The van der Waals surface area contributed by atoms with E-state index in [2.05, 4.69) is 51.8 Å². The molecule has 1 N–H and O–H groups in total. The lowest BCUT2D eigenvalue weighted by Crippen LogP contribution is -2.53. The second kappa shape index (κ2) is 6.55. The molecule has 124 valence electrons. The van der Waals surface area contributed by atoms with Gasteiger partial charge in [0.05, 0.1) is 12.2 Å². The molecule has 2 rings (SSSR count). The third kappa shape index (κ3) is 5.93. The van der Waals surface area contributed by atoms with E-state index in [4.69, 9.17) is 9.47 Å². The molecule has 0 bridgehead atoms. The van der Waals surface area contributed by atoms with Gasteiger partial charge in [-0.3, -0.25) is 0 Å². The molecule has 4 heteroatoms. The van der Waals surface area contributed by atoms with Crippen LogP contribution >= 0.6 is 0 Å². The maximum absolute atomic E-state index is 5.90. The van der Waals surface area contributed by atoms with Gasteiger partial charge in [-0.25, -0.2) is 4.98 Å². The lowest BCUT2D eigenvalue weighted by atomic mass is 9.87. The second-order valence-corrected chi connectivity index (χ2v) is 8.21. The summed E-state index contributed by atoms with van der Waals surface area (Å²) >= 11 is 0. The molecule has 0 unspecified atom stereocenters. The van der Waals surface area contributed by atoms with Gasteiger partial charge in [-0.1, -0.05) is 0 Å². The van der Waals surface area contributed by atoms with E-state index < -0.39 is 0 Å². The molecule has 1 heterocycles. The first-order valence-electron chi connectivity index (χ1n) is 8.14. The van der Waals surface area contributed by atoms with Crippen molar-refractivity contribution >= 4 is 0 Å². The van der Waals surface area contributed by atoms with Gasteiger partial charge in [0.25, 0.3) is 0 Å². The Bertz CT molecular complexity index is 465. The molecule has 0 saturated heterocycles. The highest BCUT2D eigenvalue weighted by Gasteiger charge is 2.33. The maximum atomic E-state index is 5.90. The number of rotatable bonds is 5. The molecular formula is C18H30N2O2. The first-order chi connectivity index (χ1) is 10.1. The zero-order valence-electron chi connectivity index (χ0n) is 14.8. The van der Waals surface area contributed by atoms with Gasteiger partial charge in [0.15, 0.2) is 0 Å². The highest BCUT2D eigenvalue weighted by molar-refractivity contribution is 5.18. The van der Waals surface area contributed by atoms with Crippen LogP contribution in [0.5, 0.6) is 5.88 Å². The third-order valence-corrected chi connectivity index (χ3v) is 3.49. The molecule has 1 aromatic rings. The van der Waals surface area contributed by atoms with Crippen molar-refractivity contribution in [1.82, 2.24) is 10.3 Å². The molecule has 1 aromatic heterocycles. The van der Waals surface area contributed by atoms with E-state index >= 15 is 0 Å². The van der Waals surface area contributed by atoms with Crippen LogP contribution in [0.2, 0.25) is 0 Å². The zero-order valence-corrected chi connectivity index (χ0v) is 14.8. The molecule has 0 amide bonds. The van der Waals surface area contributed by atoms with Crippen molar-refractivity contribution in [2.24, 2.45) is 0 Å². The van der Waals surface area contributed by atoms with Gasteiger partial charge in [0, 0.05) is 23.8 Å². The Hall–Kier alpha value is -1.13. The maximum Gasteiger partial charge on any atom is 0.213 e. The summed E-state index contributed by atoms with van der Waals surface area (Å²) in [5, 5.41) is 3.59. The fourth-order valence-electron chi connectivity index (χ4n) is 2.43. The molecule has 1 aliphatic rings. The molecular weight excluding hydrogens is 276 g/mol. The summed E-state index contributed by atoms with van der Waals surface area (Å²) in [6, 6.07) is 4.52. The predicted octanol–water partition coefficient (Wildman–Crippen LogP) is 3.69. The van der Waals surface area contributed by atoms with Crippen LogP contribution in [0.15, 0.2) is 18.3 Å². The zero-order chi connectivity index (χ0) is 16.4. The van der Waals surface area contributed by atoms with Gasteiger partial charge in [-0.2, -0.15) is 0 Å². The van der Waals surface area contributed by atoms with E-state index in [1.54, 1.807) is 0 Å². The smallest absolute Gasteiger partial charge is 0.213 e. The predicted molar refractivity (Wildman–Crippen MR) is 89.1 cm³/mol. The molecule has 22 heavy (non-hydrogen) atoms. The average molecular weight is 306 g/mol. The van der Waals surface area contributed by atoms with Gasteiger partial charge in [-0.05, 0) is 66.0 Å². The number of hydrogen-bond donors (Lipinski definition) is 1. The minimum absolute atomic E-state index is 0.129. The van der Waals surface area contributed by atoms with E-state index in [1.165, 1.54) is 0 Å². The SMILES string of the molecule is CC(C)(C)NC1CC(Oc2ccc(COC(C)(C)C)cn2)C1. The molecule has 0 aromatic carbocycles. The Labute approximate surface area is 134 Å². The quantitative estimate of drug-likeness (QED) is 0.901. The highest BCUT2D eigenvalue weighted by Crippen LogP contribution is 2.26. The van der Waals surface area contributed by atoms with Crippen molar-refractivity contribution in [1.29, 1.82) is 0 Å². The number of hydrogen-bond acceptors (Lipinski definition) is 4. The summed E-state index contributed by atoms with van der Waals surface area (Å²) in [6.45, 7) is 13.3. The van der Waals surface area contributed by atoms with E-state index in [1.807, 2.05) is 18.3 Å². The molecule has 0 atom stereocenters. The molecule has 0 aliphatic heterocycles. The molecule has 0 spiro atoms. The summed E-state index contributed by atoms with van der Waals surface area (Å²) < 4.78 is 11.6. The van der Waals surface area contributed by atoms with Crippen molar-refractivity contribution < 1.29 is 9.47 Å². The lowest BCUT2D eigenvalue weighted by Gasteiger charge is -2.39. The summed E-state index contributed by atoms with van der Waals surface area (Å²) in [7, 11) is 0. The average Bonchev–Trinajstić information content (AvgIpc) is 2.33. The standard InChI is InChI=1S/C18H30N2O2/c1-17(2,3)20-14-9-15(10-14)22-16-8-7-13(11-19-16)12-21-18(4,5)6/h7-8,11,14-15,20H,9-10,12H2,1-6H3. The van der Waals surface area contributed by atoms with Crippen LogP contribution in [0.1, 0.15) is 59.9 Å². The lowest BCUT2D eigenvalue weighted by molar-refractivity contribution is -0.0151. The second-order valence-electron chi connectivity index (χ2n) is 8.21. The van der Waals surface area contributed by atoms with Crippen molar-refractivity contribution in [2.45, 2.75) is 84.3 Å². The highest BCUT2D eigenvalue weighted by atomic mass is 16.5. The monoisotopic (exact) mass is 306 g/mol. The van der Waals surface area contributed by atoms with Gasteiger partial charge < -0.3 is 14.8 Å². The normalized spacial score (nSPS) is 22.3. The third-order valence-electron chi connectivity index (χ3n) is 3.49. The Kier molecular flexibility index (Phi) is 5.13. The summed E-state index contributed by atoms with van der Waals surface area (Å²) in [4.78, 5) is 4.38. The van der Waals surface area contributed by atoms with Crippen LogP contribution < -0.4 is 10.1 Å². The van der Waals surface area contributed by atoms with Crippen molar-refractivity contribution in [3.05, 3.63) is 23.9 Å². The van der Waals surface area contributed by atoms with Gasteiger partial charge >= 0.3 is 0 Å². The Morgan fingerprint density at radius 2 is 1.82 bits per heavy atom. The van der Waals surface area contributed by atoms with E-state index in [9.17, 15) is 0 Å². The van der Waals surface area contributed by atoms with Crippen LogP contribution in [-0.4, -0.2) is 28.3 Å². The molecule has 1 aliphatic carbocycles. The minimum atomic E-state index is -0.129. The van der Waals surface area contributed by atoms with Crippen LogP contribution in [0, 0.1) is 0 Å². The molecule has 0 radical (unpaired) electrons. The molecule has 1 fully saturated rings. The van der Waals surface area contributed by atoms with Crippen LogP contribution in [0.3, 0.4) is 0 Å². The van der Waals surface area contributed by atoms with Crippen LogP contribution in [0.4, 0.5) is 0 Å². The summed E-state index contributed by atoms with van der Waals surface area (Å²) in [6.07, 6.45) is 4.22. The summed E-state index contributed by atoms with van der Waals surface area (Å²) in [5.74, 6) is 0.707. The number of nitrogens with zero attached hydrogens (tertiary/aromatic N) is 1. The molecule has 1 saturated carbocycles. The minimum Gasteiger partial charge on any atom is -0.474 e. The Balaban J connectivity index is 1.74. The van der Waals surface area contributed by atoms with Crippen molar-refractivity contribution in [3.8, 4) is 5.88 Å². The fraction of sp³-hybridized carbons (Fsp3) is 0.722. The van der Waals surface area contributed by atoms with Gasteiger partial charge in [0.2, 0.25) is 5.88 Å². The van der Waals surface area contributed by atoms with E-state index in [0.29, 0.717) is 18.5 Å². The Morgan fingerprint density at radius 1 is 1.14 bits per heavy atom. The first-order valence-corrected chi connectivity index (χ1v) is 8.14. The van der Waals surface area contributed by atoms with E-state index in [0.717, 1.165) is 18.4 Å². The first kappa shape index (κ1) is 17.2. The van der Waals surface area contributed by atoms with Gasteiger partial charge in [0.1, 0.15) is 6.10 Å². The van der Waals surface area contributed by atoms with E-state index in [-0.39, 0.29) is 17.2 Å². The number of pyridine rings is 1.